The van der Waals surface area contributed by atoms with Crippen LogP contribution < -0.4 is 10.2 Å². The Hall–Kier alpha value is -0.500. The quantitative estimate of drug-likeness (QED) is 0.0357. The first-order valence-electron chi connectivity index (χ1n) is 43.4. The third-order valence-corrected chi connectivity index (χ3v) is 21.8. The van der Waals surface area contributed by atoms with Crippen LogP contribution in [0.3, 0.4) is 0 Å². The van der Waals surface area contributed by atoms with Crippen LogP contribution in [0.15, 0.2) is 0 Å². The van der Waals surface area contributed by atoms with Gasteiger partial charge in [-0.15, -0.1) is 0 Å². The van der Waals surface area contributed by atoms with Crippen LogP contribution in [0.2, 0.25) is 0 Å². The molecular formula is C85H173N2O6P. The number of unbranched alkanes of at least 4 members (excludes halogenated alkanes) is 70. The molecule has 0 spiro atoms. The summed E-state index contributed by atoms with van der Waals surface area (Å²) < 4.78 is 23.6. The second kappa shape index (κ2) is 76.7. The monoisotopic (exact) mass is 1350 g/mol. The fourth-order valence-corrected chi connectivity index (χ4v) is 14.9. The molecule has 0 radical (unpaired) electrons. The fraction of sp³-hybridized carbons (Fsp3) is 0.988. The van der Waals surface area contributed by atoms with Gasteiger partial charge in [-0.2, -0.15) is 0 Å². The molecule has 0 fully saturated rings. The molecule has 0 saturated carbocycles. The number of carbonyl (C=O) groups is 1. The van der Waals surface area contributed by atoms with Crippen molar-refractivity contribution in [3.63, 3.8) is 0 Å². The van der Waals surface area contributed by atoms with Crippen molar-refractivity contribution in [2.24, 2.45) is 0 Å². The first kappa shape index (κ1) is 93.5. The molecule has 0 aromatic heterocycles. The molecule has 3 atom stereocenters. The predicted molar refractivity (Wildman–Crippen MR) is 413 cm³/mol. The molecule has 0 aromatic carbocycles. The highest BCUT2D eigenvalue weighted by molar-refractivity contribution is 7.45. The van der Waals surface area contributed by atoms with Crippen LogP contribution in [0.1, 0.15) is 489 Å². The van der Waals surface area contributed by atoms with E-state index in [9.17, 15) is 19.4 Å². The predicted octanol–water partition coefficient (Wildman–Crippen LogP) is 27.9. The van der Waals surface area contributed by atoms with Gasteiger partial charge in [0.05, 0.1) is 39.9 Å². The van der Waals surface area contributed by atoms with Gasteiger partial charge in [-0.25, -0.2) is 0 Å². The average Bonchev–Trinajstić information content (AvgIpc) is 1.25. The Bertz CT molecular complexity index is 1490. The lowest BCUT2D eigenvalue weighted by atomic mass is 10.0. The Morgan fingerprint density at radius 1 is 0.330 bits per heavy atom. The summed E-state index contributed by atoms with van der Waals surface area (Å²) in [7, 11) is 1.34. The van der Waals surface area contributed by atoms with Gasteiger partial charge in [0.15, 0.2) is 0 Å². The first-order valence-corrected chi connectivity index (χ1v) is 44.8. The Labute approximate surface area is 590 Å². The Kier molecular flexibility index (Phi) is 76.3. The molecule has 564 valence electrons. The average molecular weight is 1350 g/mol. The molecule has 2 N–H and O–H groups in total. The number of hydrogen-bond acceptors (Lipinski definition) is 6. The third kappa shape index (κ3) is 78.8. The van der Waals surface area contributed by atoms with Crippen molar-refractivity contribution < 1.29 is 32.9 Å². The minimum Gasteiger partial charge on any atom is -0.756 e. The maximum Gasteiger partial charge on any atom is 0.268 e. The number of carbonyl (C=O) groups excluding carboxylic acids is 1. The van der Waals surface area contributed by atoms with Crippen molar-refractivity contribution >= 4 is 13.7 Å². The number of rotatable bonds is 83. The molecule has 9 heteroatoms. The zero-order valence-electron chi connectivity index (χ0n) is 65.0. The highest BCUT2D eigenvalue weighted by Crippen LogP contribution is 2.38. The first-order chi connectivity index (χ1) is 46.0. The van der Waals surface area contributed by atoms with Gasteiger partial charge in [0.1, 0.15) is 13.2 Å². The summed E-state index contributed by atoms with van der Waals surface area (Å²) >= 11 is 0. The summed E-state index contributed by atoms with van der Waals surface area (Å²) in [6.45, 7) is 4.82. The van der Waals surface area contributed by atoms with E-state index in [0.29, 0.717) is 23.9 Å². The van der Waals surface area contributed by atoms with Crippen molar-refractivity contribution in [1.82, 2.24) is 5.32 Å². The number of nitrogens with zero attached hydrogens (tertiary/aromatic N) is 1. The van der Waals surface area contributed by atoms with Crippen molar-refractivity contribution in [2.75, 3.05) is 40.9 Å². The minimum absolute atomic E-state index is 0.0172. The van der Waals surface area contributed by atoms with E-state index in [1.165, 1.54) is 424 Å². The summed E-state index contributed by atoms with van der Waals surface area (Å²) in [4.78, 5) is 25.8. The zero-order valence-corrected chi connectivity index (χ0v) is 65.9. The number of phosphoric ester groups is 1. The summed E-state index contributed by atoms with van der Waals surface area (Å²) in [5.41, 5.74) is 0. The molecule has 0 saturated heterocycles. The largest absolute Gasteiger partial charge is 0.756 e. The van der Waals surface area contributed by atoms with Gasteiger partial charge in [-0.3, -0.25) is 9.36 Å². The van der Waals surface area contributed by atoms with E-state index in [1.54, 1.807) is 0 Å². The summed E-state index contributed by atoms with van der Waals surface area (Å²) in [6.07, 6.45) is 99.8. The number of likely N-dealkylation sites (N-methyl/N-ethyl adjacent to an activating group) is 1. The Balaban J connectivity index is 3.83. The van der Waals surface area contributed by atoms with Crippen molar-refractivity contribution in [2.45, 2.75) is 501 Å². The van der Waals surface area contributed by atoms with E-state index in [-0.39, 0.29) is 19.1 Å². The fourth-order valence-electron chi connectivity index (χ4n) is 14.2. The van der Waals surface area contributed by atoms with Crippen LogP contribution in [0.5, 0.6) is 0 Å². The van der Waals surface area contributed by atoms with E-state index in [0.717, 1.165) is 38.5 Å². The van der Waals surface area contributed by atoms with E-state index < -0.39 is 20.0 Å². The van der Waals surface area contributed by atoms with E-state index in [2.05, 4.69) is 19.2 Å². The molecule has 0 aliphatic rings. The van der Waals surface area contributed by atoms with Crippen LogP contribution in [0.25, 0.3) is 0 Å². The number of nitrogens with one attached hydrogen (secondary N) is 1. The zero-order chi connectivity index (χ0) is 68.3. The molecule has 8 nitrogen and oxygen atoms in total. The molecule has 0 aromatic rings. The SMILES string of the molecule is CCCCCCCCCCCCCCCCCCCCCCCCCCCCCCCCCCCCCCCCCCC(=O)NC(COP(=O)([O-])OCC[N+](C)(C)C)C(O)CCCCCCCCCCCCCCCCCCCCCCCCCCCCCCCCCC. The van der Waals surface area contributed by atoms with E-state index in [4.69, 9.17) is 9.05 Å². The van der Waals surface area contributed by atoms with Gasteiger partial charge in [0.2, 0.25) is 5.91 Å². The number of quaternary nitrogens is 1. The lowest BCUT2D eigenvalue weighted by Gasteiger charge is -2.30. The maximum absolute atomic E-state index is 13.1. The highest BCUT2D eigenvalue weighted by Gasteiger charge is 2.24. The number of amides is 1. The summed E-state index contributed by atoms with van der Waals surface area (Å²) in [5, 5.41) is 14.2. The second-order valence-corrected chi connectivity index (χ2v) is 33.0. The van der Waals surface area contributed by atoms with Crippen molar-refractivity contribution in [1.29, 1.82) is 0 Å². The molecule has 94 heavy (non-hydrogen) atoms. The van der Waals surface area contributed by atoms with Gasteiger partial charge >= 0.3 is 0 Å². The van der Waals surface area contributed by atoms with Crippen LogP contribution in [-0.4, -0.2) is 68.5 Å². The molecule has 3 unspecified atom stereocenters. The van der Waals surface area contributed by atoms with Gasteiger partial charge in [0.25, 0.3) is 7.82 Å². The second-order valence-electron chi connectivity index (χ2n) is 31.6. The number of phosphoric acid groups is 1. The highest BCUT2D eigenvalue weighted by atomic mass is 31.2. The number of aliphatic hydroxyl groups is 1. The smallest absolute Gasteiger partial charge is 0.268 e. The van der Waals surface area contributed by atoms with Crippen LogP contribution in [0.4, 0.5) is 0 Å². The lowest BCUT2D eigenvalue weighted by Crippen LogP contribution is -2.46. The van der Waals surface area contributed by atoms with E-state index >= 15 is 0 Å². The topological polar surface area (TPSA) is 108 Å². The molecule has 0 aliphatic heterocycles. The summed E-state index contributed by atoms with van der Waals surface area (Å²) in [5.74, 6) is -0.151. The molecule has 1 amide bonds. The molecular weight excluding hydrogens is 1180 g/mol. The Morgan fingerprint density at radius 3 is 0.723 bits per heavy atom. The van der Waals surface area contributed by atoms with E-state index in [1.807, 2.05) is 21.1 Å². The van der Waals surface area contributed by atoms with Crippen LogP contribution in [-0.2, 0) is 18.4 Å². The van der Waals surface area contributed by atoms with Crippen molar-refractivity contribution in [3.8, 4) is 0 Å². The molecule has 0 rings (SSSR count). The lowest BCUT2D eigenvalue weighted by molar-refractivity contribution is -0.870. The minimum atomic E-state index is -4.58. The maximum atomic E-state index is 13.1. The van der Waals surface area contributed by atoms with Crippen molar-refractivity contribution in [3.05, 3.63) is 0 Å². The molecule has 0 aliphatic carbocycles. The Morgan fingerprint density at radius 2 is 0.521 bits per heavy atom. The third-order valence-electron chi connectivity index (χ3n) is 20.8. The van der Waals surface area contributed by atoms with Crippen LogP contribution in [0, 0.1) is 0 Å². The number of hydrogen-bond donors (Lipinski definition) is 2. The van der Waals surface area contributed by atoms with Gasteiger partial charge < -0.3 is 28.8 Å². The molecule has 0 heterocycles. The van der Waals surface area contributed by atoms with Crippen LogP contribution >= 0.6 is 7.82 Å². The van der Waals surface area contributed by atoms with Gasteiger partial charge in [-0.1, -0.05) is 470 Å². The summed E-state index contributed by atoms with van der Waals surface area (Å²) in [6, 6.07) is -0.798. The molecule has 0 bridgehead atoms. The standard InChI is InChI=1S/C85H173N2O6P/c1-6-8-10-12-14-16-18-20-22-24-26-28-30-32-34-36-38-40-41-42-43-44-45-46-47-49-51-53-55-57-59-61-63-65-67-69-71-73-75-77-79-85(89)86-83(82-93-94(90,91)92-81-80-87(3,4)5)84(88)78-76-74-72-70-68-66-64-62-60-58-56-54-52-50-48-39-37-35-33-31-29-27-25-23-21-19-17-15-13-11-9-7-2/h83-84,88H,6-82H2,1-5H3,(H-,86,89,90,91). The van der Waals surface area contributed by atoms with Gasteiger partial charge in [-0.05, 0) is 12.8 Å². The van der Waals surface area contributed by atoms with Gasteiger partial charge in [0, 0.05) is 6.42 Å². The number of aliphatic hydroxyl groups excluding tert-OH is 1. The normalized spacial score (nSPS) is 13.3.